The summed E-state index contributed by atoms with van der Waals surface area (Å²) in [4.78, 5) is 15.4. The number of halogens is 2. The van der Waals surface area contributed by atoms with E-state index in [1.54, 1.807) is 0 Å². The van der Waals surface area contributed by atoms with Crippen molar-refractivity contribution >= 4 is 40.9 Å². The van der Waals surface area contributed by atoms with Crippen molar-refractivity contribution in [1.82, 2.24) is 19.9 Å². The van der Waals surface area contributed by atoms with Gasteiger partial charge in [-0.2, -0.15) is 4.98 Å². The second-order valence-electron chi connectivity index (χ2n) is 4.97. The van der Waals surface area contributed by atoms with Crippen molar-refractivity contribution in [2.24, 2.45) is 0 Å². The van der Waals surface area contributed by atoms with E-state index < -0.39 is 0 Å². The number of hydrogen-bond donors (Lipinski definition) is 1. The molecule has 7 heteroatoms. The summed E-state index contributed by atoms with van der Waals surface area (Å²) >= 11 is 5.97. The van der Waals surface area contributed by atoms with E-state index in [2.05, 4.69) is 39.0 Å². The molecule has 2 heterocycles. The Morgan fingerprint density at radius 3 is 2.55 bits per heavy atom. The van der Waals surface area contributed by atoms with Gasteiger partial charge in [0, 0.05) is 12.2 Å². The smallest absolute Gasteiger partial charge is 0.225 e. The standard InChI is InChI=1S/C15H22ClN5.ClH/c1-4-21(5-2)10-6-9-17-14-13-12(19-15(16)20-14)8-7-11(3)18-13;/h7-8H,4-6,9-10H2,1-3H3,(H,17,19,20);1H. The summed E-state index contributed by atoms with van der Waals surface area (Å²) in [6.07, 6.45) is 1.05. The first kappa shape index (κ1) is 18.9. The molecular formula is C15H23Cl2N5. The van der Waals surface area contributed by atoms with Crippen LogP contribution in [0.25, 0.3) is 11.0 Å². The van der Waals surface area contributed by atoms with E-state index in [1.807, 2.05) is 19.1 Å². The number of nitrogens with zero attached hydrogens (tertiary/aromatic N) is 4. The molecule has 0 amide bonds. The van der Waals surface area contributed by atoms with Crippen LogP contribution in [0.15, 0.2) is 12.1 Å². The predicted molar refractivity (Wildman–Crippen MR) is 95.2 cm³/mol. The maximum absolute atomic E-state index is 5.97. The Kier molecular flexibility index (Phi) is 7.79. The molecule has 0 saturated carbocycles. The minimum absolute atomic E-state index is 0. The Bertz CT molecular complexity index is 602. The highest BCUT2D eigenvalue weighted by Crippen LogP contribution is 2.20. The molecule has 0 radical (unpaired) electrons. The molecule has 0 saturated heterocycles. The van der Waals surface area contributed by atoms with Crippen LogP contribution in [0.1, 0.15) is 26.0 Å². The van der Waals surface area contributed by atoms with Gasteiger partial charge < -0.3 is 10.2 Å². The second-order valence-corrected chi connectivity index (χ2v) is 5.31. The molecule has 0 aromatic carbocycles. The van der Waals surface area contributed by atoms with Crippen molar-refractivity contribution in [2.45, 2.75) is 27.2 Å². The number of rotatable bonds is 7. The van der Waals surface area contributed by atoms with Gasteiger partial charge >= 0.3 is 0 Å². The zero-order valence-corrected chi connectivity index (χ0v) is 14.8. The van der Waals surface area contributed by atoms with Crippen LogP contribution in [0.4, 0.5) is 5.82 Å². The number of pyridine rings is 1. The van der Waals surface area contributed by atoms with Gasteiger partial charge in [0.2, 0.25) is 5.28 Å². The SMILES string of the molecule is CCN(CC)CCCNc1nc(Cl)nc2ccc(C)nc12.Cl. The number of fused-ring (bicyclic) bond motifs is 1. The monoisotopic (exact) mass is 343 g/mol. The first-order valence-electron chi connectivity index (χ1n) is 7.41. The molecule has 5 nitrogen and oxygen atoms in total. The number of nitrogens with one attached hydrogen (secondary N) is 1. The summed E-state index contributed by atoms with van der Waals surface area (Å²) < 4.78 is 0. The largest absolute Gasteiger partial charge is 0.368 e. The molecular weight excluding hydrogens is 321 g/mol. The predicted octanol–water partition coefficient (Wildman–Crippen LogP) is 3.55. The van der Waals surface area contributed by atoms with E-state index >= 15 is 0 Å². The van der Waals surface area contributed by atoms with Gasteiger partial charge in [-0.25, -0.2) is 9.97 Å². The maximum atomic E-state index is 5.97. The van der Waals surface area contributed by atoms with Crippen molar-refractivity contribution < 1.29 is 0 Å². The Morgan fingerprint density at radius 2 is 1.86 bits per heavy atom. The van der Waals surface area contributed by atoms with E-state index in [4.69, 9.17) is 11.6 Å². The van der Waals surface area contributed by atoms with E-state index in [0.29, 0.717) is 5.82 Å². The Balaban J connectivity index is 0.00000242. The lowest BCUT2D eigenvalue weighted by molar-refractivity contribution is 0.303. The summed E-state index contributed by atoms with van der Waals surface area (Å²) in [6, 6.07) is 3.85. The number of anilines is 1. The van der Waals surface area contributed by atoms with Gasteiger partial charge in [0.15, 0.2) is 5.82 Å². The van der Waals surface area contributed by atoms with Crippen LogP contribution < -0.4 is 5.32 Å². The van der Waals surface area contributed by atoms with Crippen LogP contribution in [0.3, 0.4) is 0 Å². The molecule has 0 unspecified atom stereocenters. The van der Waals surface area contributed by atoms with E-state index in [0.717, 1.165) is 49.3 Å². The second kappa shape index (κ2) is 9.08. The van der Waals surface area contributed by atoms with E-state index in [9.17, 15) is 0 Å². The molecule has 122 valence electrons. The molecule has 2 aromatic heterocycles. The van der Waals surface area contributed by atoms with Crippen LogP contribution in [0, 0.1) is 6.92 Å². The number of aromatic nitrogens is 3. The first-order chi connectivity index (χ1) is 10.1. The van der Waals surface area contributed by atoms with Crippen LogP contribution in [0.5, 0.6) is 0 Å². The normalized spacial score (nSPS) is 10.8. The Morgan fingerprint density at radius 1 is 1.14 bits per heavy atom. The maximum Gasteiger partial charge on any atom is 0.225 e. The first-order valence-corrected chi connectivity index (χ1v) is 7.79. The minimum Gasteiger partial charge on any atom is -0.368 e. The van der Waals surface area contributed by atoms with Crippen molar-refractivity contribution in [3.63, 3.8) is 0 Å². The zero-order chi connectivity index (χ0) is 15.2. The molecule has 0 bridgehead atoms. The highest BCUT2D eigenvalue weighted by atomic mass is 35.5. The average molecular weight is 344 g/mol. The lowest BCUT2D eigenvalue weighted by Gasteiger charge is -2.18. The highest BCUT2D eigenvalue weighted by molar-refractivity contribution is 6.28. The summed E-state index contributed by atoms with van der Waals surface area (Å²) in [6.45, 7) is 10.4. The fraction of sp³-hybridized carbons (Fsp3) is 0.533. The lowest BCUT2D eigenvalue weighted by Crippen LogP contribution is -2.25. The molecule has 0 atom stereocenters. The Hall–Kier alpha value is -1.17. The van der Waals surface area contributed by atoms with E-state index in [-0.39, 0.29) is 17.7 Å². The van der Waals surface area contributed by atoms with Crippen molar-refractivity contribution in [3.05, 3.63) is 23.1 Å². The van der Waals surface area contributed by atoms with E-state index in [1.165, 1.54) is 0 Å². The summed E-state index contributed by atoms with van der Waals surface area (Å²) in [5.74, 6) is 0.716. The van der Waals surface area contributed by atoms with Gasteiger partial charge in [-0.15, -0.1) is 12.4 Å². The third kappa shape index (κ3) is 4.93. The fourth-order valence-corrected chi connectivity index (χ4v) is 2.43. The van der Waals surface area contributed by atoms with Crippen LogP contribution in [-0.4, -0.2) is 46.0 Å². The summed E-state index contributed by atoms with van der Waals surface area (Å²) in [5.41, 5.74) is 2.49. The van der Waals surface area contributed by atoms with Gasteiger partial charge in [-0.05, 0) is 56.7 Å². The van der Waals surface area contributed by atoms with Crippen LogP contribution in [0.2, 0.25) is 5.28 Å². The molecule has 1 N–H and O–H groups in total. The molecule has 0 spiro atoms. The van der Waals surface area contributed by atoms with Gasteiger partial charge in [0.05, 0.1) is 5.52 Å². The molecule has 0 aliphatic rings. The zero-order valence-electron chi connectivity index (χ0n) is 13.3. The molecule has 0 aliphatic heterocycles. The summed E-state index contributed by atoms with van der Waals surface area (Å²) in [7, 11) is 0. The van der Waals surface area contributed by atoms with Gasteiger partial charge in [-0.3, -0.25) is 0 Å². The third-order valence-electron chi connectivity index (χ3n) is 3.49. The Labute approximate surface area is 142 Å². The molecule has 0 fully saturated rings. The third-order valence-corrected chi connectivity index (χ3v) is 3.66. The van der Waals surface area contributed by atoms with Crippen molar-refractivity contribution in [3.8, 4) is 0 Å². The fourth-order valence-electron chi connectivity index (χ4n) is 2.26. The lowest BCUT2D eigenvalue weighted by atomic mass is 10.3. The van der Waals surface area contributed by atoms with Crippen LogP contribution >= 0.6 is 24.0 Å². The molecule has 0 aliphatic carbocycles. The van der Waals surface area contributed by atoms with Gasteiger partial charge in [-0.1, -0.05) is 13.8 Å². The van der Waals surface area contributed by atoms with Crippen molar-refractivity contribution in [2.75, 3.05) is 31.5 Å². The molecule has 2 rings (SSSR count). The minimum atomic E-state index is 0. The number of hydrogen-bond acceptors (Lipinski definition) is 5. The summed E-state index contributed by atoms with van der Waals surface area (Å²) in [5, 5.41) is 3.58. The molecule has 2 aromatic rings. The van der Waals surface area contributed by atoms with Crippen molar-refractivity contribution in [1.29, 1.82) is 0 Å². The topological polar surface area (TPSA) is 53.9 Å². The quantitative estimate of drug-likeness (QED) is 0.615. The highest BCUT2D eigenvalue weighted by Gasteiger charge is 2.08. The number of aryl methyl sites for hydroxylation is 1. The van der Waals surface area contributed by atoms with Gasteiger partial charge in [0.1, 0.15) is 5.52 Å². The average Bonchev–Trinajstić information content (AvgIpc) is 2.48. The molecule has 22 heavy (non-hydrogen) atoms. The van der Waals surface area contributed by atoms with Crippen LogP contribution in [-0.2, 0) is 0 Å². The van der Waals surface area contributed by atoms with Gasteiger partial charge in [0.25, 0.3) is 0 Å².